The van der Waals surface area contributed by atoms with Crippen LogP contribution in [0.15, 0.2) is 47.8 Å². The molecule has 0 atom stereocenters. The van der Waals surface area contributed by atoms with Gasteiger partial charge in [0.05, 0.1) is 5.69 Å². The average molecular weight is 326 g/mol. The van der Waals surface area contributed by atoms with Crippen molar-refractivity contribution >= 4 is 22.4 Å². The summed E-state index contributed by atoms with van der Waals surface area (Å²) in [6, 6.07) is 11.9. The van der Waals surface area contributed by atoms with Crippen LogP contribution in [0.2, 0.25) is 0 Å². The maximum Gasteiger partial charge on any atom is 0.257 e. The molecule has 2 aromatic carbocycles. The lowest BCUT2D eigenvalue weighted by Gasteiger charge is -2.06. The van der Waals surface area contributed by atoms with Gasteiger partial charge < -0.3 is 0 Å². The van der Waals surface area contributed by atoms with Crippen molar-refractivity contribution < 1.29 is 9.18 Å². The molecule has 0 aliphatic rings. The molecule has 3 aromatic rings. The van der Waals surface area contributed by atoms with Gasteiger partial charge in [-0.1, -0.05) is 17.7 Å². The zero-order valence-electron chi connectivity index (χ0n) is 12.8. The van der Waals surface area contributed by atoms with Crippen molar-refractivity contribution in [3.63, 3.8) is 0 Å². The summed E-state index contributed by atoms with van der Waals surface area (Å²) in [5, 5.41) is 5.18. The van der Waals surface area contributed by atoms with E-state index < -0.39 is 0 Å². The Balaban J connectivity index is 1.80. The summed E-state index contributed by atoms with van der Waals surface area (Å²) >= 11 is 1.34. The van der Waals surface area contributed by atoms with Crippen LogP contribution in [0.25, 0.3) is 11.3 Å². The van der Waals surface area contributed by atoms with E-state index in [9.17, 15) is 9.18 Å². The van der Waals surface area contributed by atoms with Gasteiger partial charge in [-0.05, 0) is 49.7 Å². The Morgan fingerprint density at radius 2 is 1.87 bits per heavy atom. The van der Waals surface area contributed by atoms with Gasteiger partial charge in [0.15, 0.2) is 5.13 Å². The third-order valence-electron chi connectivity index (χ3n) is 3.50. The van der Waals surface area contributed by atoms with E-state index in [0.717, 1.165) is 16.7 Å². The summed E-state index contributed by atoms with van der Waals surface area (Å²) in [6.07, 6.45) is 0. The Hall–Kier alpha value is -2.53. The van der Waals surface area contributed by atoms with E-state index in [1.54, 1.807) is 12.1 Å². The van der Waals surface area contributed by atoms with Crippen LogP contribution < -0.4 is 5.32 Å². The molecule has 1 amide bonds. The molecule has 0 spiro atoms. The zero-order chi connectivity index (χ0) is 16.4. The number of nitrogens with zero attached hydrogens (tertiary/aromatic N) is 1. The van der Waals surface area contributed by atoms with Gasteiger partial charge in [-0.25, -0.2) is 9.37 Å². The summed E-state index contributed by atoms with van der Waals surface area (Å²) in [6.45, 7) is 3.85. The first-order valence-corrected chi connectivity index (χ1v) is 8.01. The summed E-state index contributed by atoms with van der Waals surface area (Å²) in [4.78, 5) is 16.8. The van der Waals surface area contributed by atoms with Crippen molar-refractivity contribution in [1.29, 1.82) is 0 Å². The molecule has 1 heterocycles. The topological polar surface area (TPSA) is 42.0 Å². The molecular formula is C18H15FN2OS. The van der Waals surface area contributed by atoms with E-state index in [1.807, 2.05) is 37.4 Å². The number of rotatable bonds is 3. The number of anilines is 1. The molecular weight excluding hydrogens is 311 g/mol. The van der Waals surface area contributed by atoms with Crippen LogP contribution in [0.4, 0.5) is 9.52 Å². The highest BCUT2D eigenvalue weighted by Crippen LogP contribution is 2.25. The number of thiazole rings is 1. The van der Waals surface area contributed by atoms with Crippen molar-refractivity contribution in [3.8, 4) is 11.3 Å². The Kier molecular flexibility index (Phi) is 4.21. The Labute approximate surface area is 137 Å². The zero-order valence-corrected chi connectivity index (χ0v) is 13.6. The Morgan fingerprint density at radius 1 is 1.13 bits per heavy atom. The van der Waals surface area contributed by atoms with E-state index in [1.165, 1.54) is 23.5 Å². The fraction of sp³-hybridized carbons (Fsp3) is 0.111. The van der Waals surface area contributed by atoms with Crippen LogP contribution in [-0.4, -0.2) is 10.9 Å². The number of amides is 1. The van der Waals surface area contributed by atoms with Crippen molar-refractivity contribution in [2.45, 2.75) is 13.8 Å². The standard InChI is InChI=1S/C18H15FN2OS/c1-11-3-4-12(2)15(9-11)17(22)21-18-20-16(10-23-18)13-5-7-14(19)8-6-13/h3-10H,1-2H3,(H,20,21,22). The van der Waals surface area contributed by atoms with Gasteiger partial charge in [-0.15, -0.1) is 11.3 Å². The maximum atomic E-state index is 13.0. The largest absolute Gasteiger partial charge is 0.298 e. The van der Waals surface area contributed by atoms with E-state index in [2.05, 4.69) is 10.3 Å². The van der Waals surface area contributed by atoms with Crippen LogP contribution >= 0.6 is 11.3 Å². The second-order valence-corrected chi connectivity index (χ2v) is 6.18. The van der Waals surface area contributed by atoms with Crippen LogP contribution in [-0.2, 0) is 0 Å². The number of benzene rings is 2. The predicted molar refractivity (Wildman–Crippen MR) is 91.4 cm³/mol. The van der Waals surface area contributed by atoms with Gasteiger partial charge in [0.2, 0.25) is 0 Å². The average Bonchev–Trinajstić information content (AvgIpc) is 2.99. The summed E-state index contributed by atoms with van der Waals surface area (Å²) in [7, 11) is 0. The summed E-state index contributed by atoms with van der Waals surface area (Å²) < 4.78 is 13.0. The number of carbonyl (C=O) groups excluding carboxylic acids is 1. The molecule has 23 heavy (non-hydrogen) atoms. The first-order valence-electron chi connectivity index (χ1n) is 7.13. The second-order valence-electron chi connectivity index (χ2n) is 5.32. The number of hydrogen-bond acceptors (Lipinski definition) is 3. The minimum absolute atomic E-state index is 0.175. The molecule has 1 N–H and O–H groups in total. The molecule has 0 bridgehead atoms. The van der Waals surface area contributed by atoms with Crippen LogP contribution in [0.5, 0.6) is 0 Å². The number of carbonyl (C=O) groups is 1. The number of halogens is 1. The molecule has 116 valence electrons. The lowest BCUT2D eigenvalue weighted by Crippen LogP contribution is -2.13. The van der Waals surface area contributed by atoms with Gasteiger partial charge in [-0.3, -0.25) is 10.1 Å². The smallest absolute Gasteiger partial charge is 0.257 e. The molecule has 0 fully saturated rings. The summed E-state index contributed by atoms with van der Waals surface area (Å²) in [5.74, 6) is -0.460. The number of hydrogen-bond donors (Lipinski definition) is 1. The number of aromatic nitrogens is 1. The first-order chi connectivity index (χ1) is 11.0. The van der Waals surface area contributed by atoms with Gasteiger partial charge in [0, 0.05) is 16.5 Å². The van der Waals surface area contributed by atoms with Gasteiger partial charge in [-0.2, -0.15) is 0 Å². The van der Waals surface area contributed by atoms with Crippen molar-refractivity contribution in [2.24, 2.45) is 0 Å². The quantitative estimate of drug-likeness (QED) is 0.750. The molecule has 0 unspecified atom stereocenters. The molecule has 1 aromatic heterocycles. The molecule has 0 saturated heterocycles. The molecule has 0 radical (unpaired) electrons. The van der Waals surface area contributed by atoms with E-state index in [4.69, 9.17) is 0 Å². The highest BCUT2D eigenvalue weighted by molar-refractivity contribution is 7.14. The van der Waals surface area contributed by atoms with Crippen LogP contribution in [0.3, 0.4) is 0 Å². The van der Waals surface area contributed by atoms with Crippen molar-refractivity contribution in [1.82, 2.24) is 4.98 Å². The fourth-order valence-corrected chi connectivity index (χ4v) is 2.94. The van der Waals surface area contributed by atoms with Crippen LogP contribution in [0.1, 0.15) is 21.5 Å². The third-order valence-corrected chi connectivity index (χ3v) is 4.26. The maximum absolute atomic E-state index is 13.0. The normalized spacial score (nSPS) is 10.6. The van der Waals surface area contributed by atoms with Gasteiger partial charge in [0.25, 0.3) is 5.91 Å². The highest BCUT2D eigenvalue weighted by atomic mass is 32.1. The SMILES string of the molecule is Cc1ccc(C)c(C(=O)Nc2nc(-c3ccc(F)cc3)cs2)c1. The molecule has 0 saturated carbocycles. The highest BCUT2D eigenvalue weighted by Gasteiger charge is 2.12. The Bertz CT molecular complexity index is 856. The monoisotopic (exact) mass is 326 g/mol. The van der Waals surface area contributed by atoms with E-state index in [-0.39, 0.29) is 11.7 Å². The lowest BCUT2D eigenvalue weighted by atomic mass is 10.1. The molecule has 5 heteroatoms. The second kappa shape index (κ2) is 6.30. The minimum atomic E-state index is -0.285. The fourth-order valence-electron chi connectivity index (χ4n) is 2.23. The number of nitrogens with one attached hydrogen (secondary N) is 1. The molecule has 0 aliphatic carbocycles. The van der Waals surface area contributed by atoms with Crippen molar-refractivity contribution in [2.75, 3.05) is 5.32 Å². The van der Waals surface area contributed by atoms with Gasteiger partial charge >= 0.3 is 0 Å². The van der Waals surface area contributed by atoms with Crippen molar-refractivity contribution in [3.05, 3.63) is 70.4 Å². The molecule has 0 aliphatic heterocycles. The van der Waals surface area contributed by atoms with E-state index >= 15 is 0 Å². The van der Waals surface area contributed by atoms with Crippen LogP contribution in [0, 0.1) is 19.7 Å². The van der Waals surface area contributed by atoms with Gasteiger partial charge in [0.1, 0.15) is 5.82 Å². The molecule has 3 rings (SSSR count). The molecule has 3 nitrogen and oxygen atoms in total. The Morgan fingerprint density at radius 3 is 2.61 bits per heavy atom. The number of aryl methyl sites for hydroxylation is 2. The summed E-state index contributed by atoms with van der Waals surface area (Å²) in [5.41, 5.74) is 4.12. The first kappa shape index (κ1) is 15.4. The predicted octanol–water partition coefficient (Wildman–Crippen LogP) is 4.82. The van der Waals surface area contributed by atoms with E-state index in [0.29, 0.717) is 16.4 Å². The third kappa shape index (κ3) is 3.46. The minimum Gasteiger partial charge on any atom is -0.298 e. The lowest BCUT2D eigenvalue weighted by molar-refractivity contribution is 0.102.